The van der Waals surface area contributed by atoms with Gasteiger partial charge in [0, 0.05) is 12.6 Å². The molecule has 0 aliphatic heterocycles. The van der Waals surface area contributed by atoms with Crippen LogP contribution in [0.1, 0.15) is 33.6 Å². The lowest BCUT2D eigenvalue weighted by molar-refractivity contribution is -0.144. The number of ether oxygens (including phenoxy) is 3. The third kappa shape index (κ3) is 8.42. The first kappa shape index (κ1) is 23.8. The summed E-state index contributed by atoms with van der Waals surface area (Å²) in [5, 5.41) is 18.8. The number of hydrogen-bond donors (Lipinski definition) is 2. The van der Waals surface area contributed by atoms with Crippen LogP contribution in [0.5, 0.6) is 11.5 Å². The van der Waals surface area contributed by atoms with Gasteiger partial charge in [0.1, 0.15) is 23.0 Å². The Morgan fingerprint density at radius 2 is 1.87 bits per heavy atom. The Bertz CT molecular complexity index is 889. The number of aliphatic carboxylic acids is 1. The molecule has 7 heteroatoms. The Hall–Kier alpha value is -3.48. The Kier molecular flexibility index (Phi) is 9.42. The second-order valence-electron chi connectivity index (χ2n) is 6.81. The van der Waals surface area contributed by atoms with Gasteiger partial charge in [-0.2, -0.15) is 0 Å². The molecule has 1 unspecified atom stereocenters. The van der Waals surface area contributed by atoms with E-state index in [9.17, 15) is 9.90 Å². The number of allylic oxidation sites excluding steroid dienone is 6. The number of aliphatic hydroxyl groups is 1. The van der Waals surface area contributed by atoms with E-state index in [2.05, 4.69) is 4.99 Å². The topological polar surface area (TPSA) is 97.6 Å². The van der Waals surface area contributed by atoms with Gasteiger partial charge in [-0.25, -0.2) is 4.79 Å². The van der Waals surface area contributed by atoms with E-state index in [0.29, 0.717) is 36.8 Å². The van der Waals surface area contributed by atoms with Gasteiger partial charge in [-0.05, 0) is 69.2 Å². The lowest BCUT2D eigenvalue weighted by Crippen LogP contribution is -2.22. The molecule has 2 rings (SSSR count). The van der Waals surface area contributed by atoms with Crippen LogP contribution >= 0.6 is 0 Å². The maximum atomic E-state index is 10.8. The quantitative estimate of drug-likeness (QED) is 0.382. The molecule has 0 heterocycles. The molecule has 31 heavy (non-hydrogen) atoms. The number of carbonyl (C=O) groups is 1. The van der Waals surface area contributed by atoms with Crippen molar-refractivity contribution in [2.75, 3.05) is 13.2 Å². The van der Waals surface area contributed by atoms with Crippen LogP contribution in [0.4, 0.5) is 0 Å². The molecule has 1 aliphatic carbocycles. The van der Waals surface area contributed by atoms with E-state index in [-0.39, 0.29) is 5.76 Å². The van der Waals surface area contributed by atoms with Crippen LogP contribution in [-0.2, 0) is 9.53 Å². The van der Waals surface area contributed by atoms with Gasteiger partial charge in [0.25, 0.3) is 0 Å². The number of aliphatic imine (C=N–C) groups is 1. The fourth-order valence-corrected chi connectivity index (χ4v) is 2.62. The number of benzene rings is 1. The van der Waals surface area contributed by atoms with Crippen molar-refractivity contribution < 1.29 is 29.2 Å². The Balaban J connectivity index is 1.89. The van der Waals surface area contributed by atoms with Gasteiger partial charge in [-0.1, -0.05) is 12.2 Å². The first-order valence-corrected chi connectivity index (χ1v) is 10.1. The van der Waals surface area contributed by atoms with Crippen molar-refractivity contribution in [3.05, 3.63) is 71.4 Å². The molecule has 0 bridgehead atoms. The third-order valence-electron chi connectivity index (χ3n) is 4.30. The van der Waals surface area contributed by atoms with Crippen LogP contribution in [0.25, 0.3) is 0 Å². The highest BCUT2D eigenvalue weighted by molar-refractivity contribution is 5.80. The number of aliphatic hydroxyl groups excluding tert-OH is 1. The maximum absolute atomic E-state index is 10.8. The molecule has 0 aromatic heterocycles. The molecule has 0 spiro atoms. The minimum Gasteiger partial charge on any atom is -0.511 e. The predicted molar refractivity (Wildman–Crippen MR) is 120 cm³/mol. The van der Waals surface area contributed by atoms with Crippen molar-refractivity contribution in [1.82, 2.24) is 0 Å². The average Bonchev–Trinajstić information content (AvgIpc) is 2.97. The molecule has 1 atom stereocenters. The van der Waals surface area contributed by atoms with Gasteiger partial charge < -0.3 is 24.4 Å². The summed E-state index contributed by atoms with van der Waals surface area (Å²) in [6.45, 7) is 5.94. The van der Waals surface area contributed by atoms with Crippen LogP contribution in [0, 0.1) is 0 Å². The molecule has 1 aromatic carbocycles. The lowest BCUT2D eigenvalue weighted by Gasteiger charge is -2.11. The van der Waals surface area contributed by atoms with Gasteiger partial charge in [0.05, 0.1) is 18.9 Å². The molecule has 1 aromatic rings. The second kappa shape index (κ2) is 12.3. The summed E-state index contributed by atoms with van der Waals surface area (Å²) < 4.78 is 16.5. The Labute approximate surface area is 182 Å². The number of carboxylic acids is 1. The zero-order chi connectivity index (χ0) is 22.6. The molecule has 0 amide bonds. The standard InChI is InChI=1S/C24H29NO6/c1-4-29-20-7-5-6-19(8-9-20)16-25-23(17(2)26)14-15-30-21-10-12-22(13-11-21)31-18(3)24(27)28/h5,7-13,16,18,26H,4,6,14-15H2,1-3H3,(H,27,28)/b23-17-,25-16?. The van der Waals surface area contributed by atoms with Gasteiger partial charge >= 0.3 is 5.97 Å². The van der Waals surface area contributed by atoms with E-state index >= 15 is 0 Å². The first-order valence-electron chi connectivity index (χ1n) is 10.1. The zero-order valence-electron chi connectivity index (χ0n) is 18.1. The van der Waals surface area contributed by atoms with Crippen molar-refractivity contribution in [3.8, 4) is 11.5 Å². The molecule has 7 nitrogen and oxygen atoms in total. The minimum atomic E-state index is -1.03. The highest BCUT2D eigenvalue weighted by Crippen LogP contribution is 2.20. The summed E-state index contributed by atoms with van der Waals surface area (Å²) in [5.74, 6) is 0.982. The molecule has 166 valence electrons. The molecule has 0 fully saturated rings. The highest BCUT2D eigenvalue weighted by Gasteiger charge is 2.12. The van der Waals surface area contributed by atoms with Crippen LogP contribution < -0.4 is 9.47 Å². The van der Waals surface area contributed by atoms with Crippen LogP contribution in [0.3, 0.4) is 0 Å². The largest absolute Gasteiger partial charge is 0.511 e. The van der Waals surface area contributed by atoms with E-state index < -0.39 is 12.1 Å². The van der Waals surface area contributed by atoms with Crippen molar-refractivity contribution in [2.24, 2.45) is 4.99 Å². The summed E-state index contributed by atoms with van der Waals surface area (Å²) >= 11 is 0. The molecular formula is C24H29NO6. The lowest BCUT2D eigenvalue weighted by atomic mass is 10.2. The van der Waals surface area contributed by atoms with Crippen LogP contribution in [0.15, 0.2) is 76.4 Å². The number of carboxylic acid groups (broad SMARTS) is 1. The van der Waals surface area contributed by atoms with Crippen molar-refractivity contribution in [1.29, 1.82) is 0 Å². The number of rotatable bonds is 11. The Morgan fingerprint density at radius 3 is 2.52 bits per heavy atom. The number of hydrogen-bond acceptors (Lipinski definition) is 6. The fourth-order valence-electron chi connectivity index (χ4n) is 2.62. The molecule has 0 radical (unpaired) electrons. The predicted octanol–water partition coefficient (Wildman–Crippen LogP) is 4.97. The van der Waals surface area contributed by atoms with Crippen LogP contribution in [0.2, 0.25) is 0 Å². The molecule has 1 aliphatic rings. The minimum absolute atomic E-state index is 0.140. The van der Waals surface area contributed by atoms with Gasteiger partial charge in [0.15, 0.2) is 6.10 Å². The zero-order valence-corrected chi connectivity index (χ0v) is 18.1. The fraction of sp³-hybridized carbons (Fsp3) is 0.333. The van der Waals surface area contributed by atoms with Crippen molar-refractivity contribution in [2.45, 2.75) is 39.7 Å². The smallest absolute Gasteiger partial charge is 0.344 e. The monoisotopic (exact) mass is 427 g/mol. The van der Waals surface area contributed by atoms with E-state index in [1.807, 2.05) is 31.2 Å². The van der Waals surface area contributed by atoms with Crippen molar-refractivity contribution >= 4 is 12.2 Å². The average molecular weight is 427 g/mol. The first-order chi connectivity index (χ1) is 14.9. The van der Waals surface area contributed by atoms with E-state index in [4.69, 9.17) is 19.3 Å². The van der Waals surface area contributed by atoms with Gasteiger partial charge in [-0.3, -0.25) is 4.99 Å². The molecule has 0 saturated heterocycles. The summed E-state index contributed by atoms with van der Waals surface area (Å²) in [7, 11) is 0. The summed E-state index contributed by atoms with van der Waals surface area (Å²) in [5.41, 5.74) is 1.54. The molecular weight excluding hydrogens is 398 g/mol. The summed E-state index contributed by atoms with van der Waals surface area (Å²) in [6, 6.07) is 6.70. The third-order valence-corrected chi connectivity index (χ3v) is 4.30. The van der Waals surface area contributed by atoms with E-state index in [1.165, 1.54) is 6.92 Å². The summed E-state index contributed by atoms with van der Waals surface area (Å²) in [4.78, 5) is 15.3. The maximum Gasteiger partial charge on any atom is 0.344 e. The highest BCUT2D eigenvalue weighted by atomic mass is 16.5. The molecule has 0 saturated carbocycles. The number of nitrogens with zero attached hydrogens (tertiary/aromatic N) is 1. The second-order valence-corrected chi connectivity index (χ2v) is 6.81. The van der Waals surface area contributed by atoms with Crippen molar-refractivity contribution in [3.63, 3.8) is 0 Å². The normalized spacial score (nSPS) is 15.5. The SMILES string of the molecule is CCOC1=CC=C(C=N/C(CCOc2ccc(OC(C)C(=O)O)cc2)=C(/C)O)CC=C1. The van der Waals surface area contributed by atoms with Gasteiger partial charge in [0.2, 0.25) is 0 Å². The van der Waals surface area contributed by atoms with E-state index in [1.54, 1.807) is 37.4 Å². The van der Waals surface area contributed by atoms with Gasteiger partial charge in [-0.15, -0.1) is 0 Å². The Morgan fingerprint density at radius 1 is 1.16 bits per heavy atom. The summed E-state index contributed by atoms with van der Waals surface area (Å²) in [6.07, 6.45) is 9.75. The van der Waals surface area contributed by atoms with E-state index in [0.717, 1.165) is 17.8 Å². The molecule has 2 N–H and O–H groups in total. The van der Waals surface area contributed by atoms with Crippen LogP contribution in [-0.4, -0.2) is 41.7 Å².